The Labute approximate surface area is 115 Å². The van der Waals surface area contributed by atoms with Gasteiger partial charge in [-0.2, -0.15) is 0 Å². The van der Waals surface area contributed by atoms with E-state index >= 15 is 0 Å². The molecule has 5 heteroatoms. The smallest absolute Gasteiger partial charge is 0.407 e. The summed E-state index contributed by atoms with van der Waals surface area (Å²) in [6.45, 7) is 7.97. The van der Waals surface area contributed by atoms with Crippen molar-refractivity contribution in [2.24, 2.45) is 5.92 Å². The highest BCUT2D eigenvalue weighted by Crippen LogP contribution is 2.26. The minimum absolute atomic E-state index is 0.315. The summed E-state index contributed by atoms with van der Waals surface area (Å²) in [5.74, 6) is 0.676. The molecular weight excluding hydrogens is 244 g/mol. The highest BCUT2D eigenvalue weighted by molar-refractivity contribution is 5.67. The summed E-state index contributed by atoms with van der Waals surface area (Å²) >= 11 is 0. The highest BCUT2D eigenvalue weighted by atomic mass is 16.6. The third kappa shape index (κ3) is 4.99. The molecule has 2 saturated heterocycles. The Bertz CT molecular complexity index is 302. The van der Waals surface area contributed by atoms with Crippen molar-refractivity contribution in [1.29, 1.82) is 0 Å². The van der Waals surface area contributed by atoms with Gasteiger partial charge in [0.25, 0.3) is 0 Å². The molecule has 2 heterocycles. The van der Waals surface area contributed by atoms with Crippen LogP contribution in [0.4, 0.5) is 4.79 Å². The zero-order valence-electron chi connectivity index (χ0n) is 12.2. The van der Waals surface area contributed by atoms with Crippen LogP contribution in [0.15, 0.2) is 0 Å². The molecular formula is C14H26N2O3. The molecule has 0 aromatic rings. The van der Waals surface area contributed by atoms with E-state index in [1.54, 1.807) is 0 Å². The van der Waals surface area contributed by atoms with E-state index in [1.165, 1.54) is 0 Å². The van der Waals surface area contributed by atoms with Gasteiger partial charge in [0.2, 0.25) is 0 Å². The molecule has 5 nitrogen and oxygen atoms in total. The van der Waals surface area contributed by atoms with E-state index in [4.69, 9.17) is 9.47 Å². The van der Waals surface area contributed by atoms with Crippen molar-refractivity contribution < 1.29 is 14.3 Å². The first-order chi connectivity index (χ1) is 8.92. The van der Waals surface area contributed by atoms with Crippen LogP contribution in [0.3, 0.4) is 0 Å². The fourth-order valence-electron chi connectivity index (χ4n) is 2.88. The number of amides is 1. The van der Waals surface area contributed by atoms with E-state index in [0.717, 1.165) is 32.5 Å². The zero-order valence-corrected chi connectivity index (χ0v) is 12.2. The van der Waals surface area contributed by atoms with Crippen molar-refractivity contribution in [3.8, 4) is 0 Å². The summed E-state index contributed by atoms with van der Waals surface area (Å²) in [5, 5.41) is 6.42. The minimum atomic E-state index is -0.423. The number of rotatable bonds is 3. The maximum absolute atomic E-state index is 11.5. The zero-order chi connectivity index (χ0) is 13.9. The van der Waals surface area contributed by atoms with Crippen molar-refractivity contribution >= 4 is 6.09 Å². The Morgan fingerprint density at radius 1 is 1.32 bits per heavy atom. The molecule has 0 radical (unpaired) electrons. The molecule has 2 atom stereocenters. The standard InChI is InChI=1S/C14H26N2O3/c1-14(2,3)19-13(17)15-5-4-10-6-11-8-18-9-12(7-10)16-11/h10-12,16H,4-9H2,1-3H3,(H,15,17). The maximum Gasteiger partial charge on any atom is 0.407 e. The number of alkyl carbamates (subject to hydrolysis) is 1. The molecule has 1 amide bonds. The Hall–Kier alpha value is -0.810. The predicted molar refractivity (Wildman–Crippen MR) is 73.1 cm³/mol. The van der Waals surface area contributed by atoms with Gasteiger partial charge in [0.05, 0.1) is 13.2 Å². The summed E-state index contributed by atoms with van der Waals surface area (Å²) in [6.07, 6.45) is 3.00. The average Bonchev–Trinajstić information content (AvgIpc) is 2.26. The van der Waals surface area contributed by atoms with Crippen molar-refractivity contribution in [2.45, 2.75) is 57.7 Å². The molecule has 2 unspecified atom stereocenters. The fraction of sp³-hybridized carbons (Fsp3) is 0.929. The lowest BCUT2D eigenvalue weighted by molar-refractivity contribution is 0.00666. The van der Waals surface area contributed by atoms with Crippen LogP contribution >= 0.6 is 0 Å². The number of ether oxygens (including phenoxy) is 2. The lowest BCUT2D eigenvalue weighted by atomic mass is 9.85. The normalized spacial score (nSPS) is 30.8. The molecule has 2 fully saturated rings. The number of fused-ring (bicyclic) bond motifs is 2. The summed E-state index contributed by atoms with van der Waals surface area (Å²) in [6, 6.07) is 0.998. The SMILES string of the molecule is CC(C)(C)OC(=O)NCCC1CC2COCC(C1)N2. The summed E-state index contributed by atoms with van der Waals surface area (Å²) < 4.78 is 10.7. The number of hydrogen-bond acceptors (Lipinski definition) is 4. The number of piperidine rings is 1. The fourth-order valence-corrected chi connectivity index (χ4v) is 2.88. The van der Waals surface area contributed by atoms with Crippen LogP contribution in [-0.2, 0) is 9.47 Å². The third-order valence-electron chi connectivity index (χ3n) is 3.57. The molecule has 0 aromatic carbocycles. The molecule has 2 aliphatic heterocycles. The highest BCUT2D eigenvalue weighted by Gasteiger charge is 2.31. The van der Waals surface area contributed by atoms with Gasteiger partial charge in [-0.3, -0.25) is 0 Å². The first-order valence-electron chi connectivity index (χ1n) is 7.23. The lowest BCUT2D eigenvalue weighted by Gasteiger charge is -2.40. The van der Waals surface area contributed by atoms with Gasteiger partial charge in [-0.1, -0.05) is 0 Å². The molecule has 2 bridgehead atoms. The van der Waals surface area contributed by atoms with Gasteiger partial charge in [-0.15, -0.1) is 0 Å². The van der Waals surface area contributed by atoms with Gasteiger partial charge in [0, 0.05) is 18.6 Å². The Kier molecular flexibility index (Phi) is 4.68. The minimum Gasteiger partial charge on any atom is -0.444 e. The molecule has 0 spiro atoms. The van der Waals surface area contributed by atoms with Crippen molar-refractivity contribution in [1.82, 2.24) is 10.6 Å². The quantitative estimate of drug-likeness (QED) is 0.819. The Balaban J connectivity index is 1.64. The average molecular weight is 270 g/mol. The number of morpholine rings is 1. The van der Waals surface area contributed by atoms with Gasteiger partial charge in [0.15, 0.2) is 0 Å². The molecule has 0 saturated carbocycles. The van der Waals surface area contributed by atoms with E-state index in [9.17, 15) is 4.79 Å². The van der Waals surface area contributed by atoms with Gasteiger partial charge in [0.1, 0.15) is 5.60 Å². The monoisotopic (exact) mass is 270 g/mol. The van der Waals surface area contributed by atoms with E-state index in [1.807, 2.05) is 20.8 Å². The largest absolute Gasteiger partial charge is 0.444 e. The van der Waals surface area contributed by atoms with Crippen LogP contribution in [0, 0.1) is 5.92 Å². The van der Waals surface area contributed by atoms with Crippen LogP contribution in [0.5, 0.6) is 0 Å². The van der Waals surface area contributed by atoms with Gasteiger partial charge < -0.3 is 20.1 Å². The maximum atomic E-state index is 11.5. The first-order valence-corrected chi connectivity index (χ1v) is 7.23. The van der Waals surface area contributed by atoms with Gasteiger partial charge in [-0.25, -0.2) is 4.79 Å². The topological polar surface area (TPSA) is 59.6 Å². The number of carbonyl (C=O) groups excluding carboxylic acids is 1. The van der Waals surface area contributed by atoms with E-state index in [2.05, 4.69) is 10.6 Å². The van der Waals surface area contributed by atoms with Crippen LogP contribution in [-0.4, -0.2) is 43.5 Å². The molecule has 2 N–H and O–H groups in total. The molecule has 0 aliphatic carbocycles. The molecule has 0 aromatic heterocycles. The Morgan fingerprint density at radius 2 is 1.95 bits per heavy atom. The van der Waals surface area contributed by atoms with Crippen LogP contribution < -0.4 is 10.6 Å². The summed E-state index contributed by atoms with van der Waals surface area (Å²) in [7, 11) is 0. The van der Waals surface area contributed by atoms with Crippen LogP contribution in [0.1, 0.15) is 40.0 Å². The number of carbonyl (C=O) groups is 1. The second-order valence-electron chi connectivity index (χ2n) is 6.65. The lowest BCUT2D eigenvalue weighted by Crippen LogP contribution is -2.54. The van der Waals surface area contributed by atoms with Crippen molar-refractivity contribution in [2.75, 3.05) is 19.8 Å². The second kappa shape index (κ2) is 6.09. The van der Waals surface area contributed by atoms with Crippen molar-refractivity contribution in [3.63, 3.8) is 0 Å². The van der Waals surface area contributed by atoms with E-state index < -0.39 is 5.60 Å². The summed E-state index contributed by atoms with van der Waals surface area (Å²) in [4.78, 5) is 11.5. The summed E-state index contributed by atoms with van der Waals surface area (Å²) in [5.41, 5.74) is -0.423. The van der Waals surface area contributed by atoms with Gasteiger partial charge in [-0.05, 0) is 46.0 Å². The second-order valence-corrected chi connectivity index (χ2v) is 6.65. The molecule has 2 rings (SSSR count). The third-order valence-corrected chi connectivity index (χ3v) is 3.57. The molecule has 19 heavy (non-hydrogen) atoms. The molecule has 2 aliphatic rings. The number of hydrogen-bond donors (Lipinski definition) is 2. The number of nitrogens with one attached hydrogen (secondary N) is 2. The van der Waals surface area contributed by atoms with E-state index in [0.29, 0.717) is 24.5 Å². The Morgan fingerprint density at radius 3 is 2.53 bits per heavy atom. The first kappa shape index (κ1) is 14.6. The van der Waals surface area contributed by atoms with Crippen LogP contribution in [0.2, 0.25) is 0 Å². The van der Waals surface area contributed by atoms with Crippen molar-refractivity contribution in [3.05, 3.63) is 0 Å². The van der Waals surface area contributed by atoms with Gasteiger partial charge >= 0.3 is 6.09 Å². The predicted octanol–water partition coefficient (Wildman–Crippen LogP) is 1.67. The van der Waals surface area contributed by atoms with Crippen LogP contribution in [0.25, 0.3) is 0 Å². The van der Waals surface area contributed by atoms with E-state index in [-0.39, 0.29) is 6.09 Å². The molecule has 110 valence electrons.